The summed E-state index contributed by atoms with van der Waals surface area (Å²) >= 11 is 0. The van der Waals surface area contributed by atoms with Crippen molar-refractivity contribution in [3.05, 3.63) is 53.9 Å². The van der Waals surface area contributed by atoms with Gasteiger partial charge in [-0.15, -0.1) is 0 Å². The number of ether oxygens (including phenoxy) is 1. The standard InChI is InChI=1S/C17H20N4O2/c1-23-13-14-3-5-15(6-4-14)16(22)20-9-11-21(12-10-20)17-18-7-2-8-19-17/h2-8H,9-13H2,1H3. The van der Waals surface area contributed by atoms with Gasteiger partial charge in [0, 0.05) is 51.2 Å². The Hall–Kier alpha value is -2.47. The van der Waals surface area contributed by atoms with E-state index in [9.17, 15) is 4.79 Å². The Labute approximate surface area is 135 Å². The predicted molar refractivity (Wildman–Crippen MR) is 87.3 cm³/mol. The molecule has 6 nitrogen and oxygen atoms in total. The first-order chi connectivity index (χ1) is 11.3. The van der Waals surface area contributed by atoms with Crippen molar-refractivity contribution >= 4 is 11.9 Å². The van der Waals surface area contributed by atoms with Crippen LogP contribution in [0.25, 0.3) is 0 Å². The molecule has 1 aliphatic heterocycles. The highest BCUT2D eigenvalue weighted by Gasteiger charge is 2.23. The van der Waals surface area contributed by atoms with Crippen LogP contribution in [0, 0.1) is 0 Å². The van der Waals surface area contributed by atoms with Crippen molar-refractivity contribution in [3.8, 4) is 0 Å². The summed E-state index contributed by atoms with van der Waals surface area (Å²) in [7, 11) is 1.66. The molecule has 2 heterocycles. The molecule has 0 saturated carbocycles. The average Bonchev–Trinajstić information content (AvgIpc) is 2.63. The van der Waals surface area contributed by atoms with E-state index in [1.165, 1.54) is 0 Å². The predicted octanol–water partition coefficient (Wildman–Crippen LogP) is 1.59. The van der Waals surface area contributed by atoms with Gasteiger partial charge < -0.3 is 14.5 Å². The molecule has 1 aromatic heterocycles. The van der Waals surface area contributed by atoms with Crippen molar-refractivity contribution in [2.45, 2.75) is 6.61 Å². The highest BCUT2D eigenvalue weighted by Crippen LogP contribution is 2.13. The fraction of sp³-hybridized carbons (Fsp3) is 0.353. The molecular formula is C17H20N4O2. The summed E-state index contributed by atoms with van der Waals surface area (Å²) in [6, 6.07) is 9.40. The molecule has 23 heavy (non-hydrogen) atoms. The van der Waals surface area contributed by atoms with Gasteiger partial charge >= 0.3 is 0 Å². The second-order valence-electron chi connectivity index (χ2n) is 5.46. The van der Waals surface area contributed by atoms with Crippen LogP contribution in [0.15, 0.2) is 42.7 Å². The van der Waals surface area contributed by atoms with E-state index >= 15 is 0 Å². The number of anilines is 1. The summed E-state index contributed by atoms with van der Waals surface area (Å²) in [6.45, 7) is 3.41. The quantitative estimate of drug-likeness (QED) is 0.858. The van der Waals surface area contributed by atoms with Crippen molar-refractivity contribution in [1.82, 2.24) is 14.9 Å². The maximum atomic E-state index is 12.6. The van der Waals surface area contributed by atoms with Gasteiger partial charge in [-0.25, -0.2) is 9.97 Å². The van der Waals surface area contributed by atoms with E-state index in [0.29, 0.717) is 25.3 Å². The molecule has 0 N–H and O–H groups in total. The Morgan fingerprint density at radius 1 is 1.09 bits per heavy atom. The number of hydrogen-bond donors (Lipinski definition) is 0. The number of nitrogens with zero attached hydrogens (tertiary/aromatic N) is 4. The van der Waals surface area contributed by atoms with E-state index in [1.54, 1.807) is 25.6 Å². The average molecular weight is 312 g/mol. The Balaban J connectivity index is 1.59. The second-order valence-corrected chi connectivity index (χ2v) is 5.46. The van der Waals surface area contributed by atoms with Gasteiger partial charge in [-0.1, -0.05) is 12.1 Å². The monoisotopic (exact) mass is 312 g/mol. The molecule has 1 fully saturated rings. The fourth-order valence-corrected chi connectivity index (χ4v) is 2.66. The van der Waals surface area contributed by atoms with E-state index in [2.05, 4.69) is 14.9 Å². The lowest BCUT2D eigenvalue weighted by molar-refractivity contribution is 0.0746. The molecule has 6 heteroatoms. The van der Waals surface area contributed by atoms with Crippen LogP contribution < -0.4 is 4.90 Å². The SMILES string of the molecule is COCc1ccc(C(=O)N2CCN(c3ncccn3)CC2)cc1. The lowest BCUT2D eigenvalue weighted by atomic mass is 10.1. The number of rotatable bonds is 4. The Bertz CT molecular complexity index is 637. The largest absolute Gasteiger partial charge is 0.380 e. The van der Waals surface area contributed by atoms with Crippen LogP contribution in [0.4, 0.5) is 5.95 Å². The molecule has 0 unspecified atom stereocenters. The number of carbonyl (C=O) groups is 1. The van der Waals surface area contributed by atoms with Crippen molar-refractivity contribution in [2.75, 3.05) is 38.2 Å². The first-order valence-corrected chi connectivity index (χ1v) is 7.67. The molecule has 0 radical (unpaired) electrons. The molecule has 1 aromatic carbocycles. The van der Waals surface area contributed by atoms with E-state index in [-0.39, 0.29) is 5.91 Å². The zero-order valence-corrected chi connectivity index (χ0v) is 13.2. The van der Waals surface area contributed by atoms with Crippen LogP contribution in [0.1, 0.15) is 15.9 Å². The zero-order valence-electron chi connectivity index (χ0n) is 13.2. The van der Waals surface area contributed by atoms with Crippen LogP contribution in [-0.4, -0.2) is 54.1 Å². The summed E-state index contributed by atoms with van der Waals surface area (Å²) in [4.78, 5) is 25.1. The summed E-state index contributed by atoms with van der Waals surface area (Å²) < 4.78 is 5.09. The van der Waals surface area contributed by atoms with Crippen LogP contribution >= 0.6 is 0 Å². The highest BCUT2D eigenvalue weighted by molar-refractivity contribution is 5.94. The van der Waals surface area contributed by atoms with E-state index in [4.69, 9.17) is 4.74 Å². The molecular weight excluding hydrogens is 292 g/mol. The minimum atomic E-state index is 0.0718. The Morgan fingerprint density at radius 2 is 1.74 bits per heavy atom. The van der Waals surface area contributed by atoms with Gasteiger partial charge in [-0.05, 0) is 23.8 Å². The Kier molecular flexibility index (Phi) is 4.83. The molecule has 0 bridgehead atoms. The number of piperazine rings is 1. The van der Waals surface area contributed by atoms with Crippen molar-refractivity contribution < 1.29 is 9.53 Å². The summed E-state index contributed by atoms with van der Waals surface area (Å²) in [6.07, 6.45) is 3.48. The summed E-state index contributed by atoms with van der Waals surface area (Å²) in [5.41, 5.74) is 1.78. The second kappa shape index (κ2) is 7.19. The minimum absolute atomic E-state index is 0.0718. The molecule has 0 spiro atoms. The number of hydrogen-bond acceptors (Lipinski definition) is 5. The van der Waals surface area contributed by atoms with Crippen molar-refractivity contribution in [3.63, 3.8) is 0 Å². The smallest absolute Gasteiger partial charge is 0.253 e. The van der Waals surface area contributed by atoms with Gasteiger partial charge in [0.25, 0.3) is 5.91 Å². The minimum Gasteiger partial charge on any atom is -0.380 e. The topological polar surface area (TPSA) is 58.6 Å². The number of aromatic nitrogens is 2. The normalized spacial score (nSPS) is 14.8. The van der Waals surface area contributed by atoms with Gasteiger partial charge in [0.1, 0.15) is 0 Å². The third kappa shape index (κ3) is 3.65. The third-order valence-electron chi connectivity index (χ3n) is 3.91. The summed E-state index contributed by atoms with van der Waals surface area (Å²) in [5, 5.41) is 0. The van der Waals surface area contributed by atoms with Gasteiger partial charge in [0.05, 0.1) is 6.61 Å². The van der Waals surface area contributed by atoms with Crippen molar-refractivity contribution in [1.29, 1.82) is 0 Å². The van der Waals surface area contributed by atoms with E-state index in [1.807, 2.05) is 29.2 Å². The highest BCUT2D eigenvalue weighted by atomic mass is 16.5. The number of carbonyl (C=O) groups excluding carboxylic acids is 1. The fourth-order valence-electron chi connectivity index (χ4n) is 2.66. The molecule has 1 saturated heterocycles. The molecule has 1 amide bonds. The molecule has 0 atom stereocenters. The number of amides is 1. The lowest BCUT2D eigenvalue weighted by Crippen LogP contribution is -2.49. The maximum Gasteiger partial charge on any atom is 0.253 e. The van der Waals surface area contributed by atoms with Crippen molar-refractivity contribution in [2.24, 2.45) is 0 Å². The van der Waals surface area contributed by atoms with Gasteiger partial charge in [-0.3, -0.25) is 4.79 Å². The van der Waals surface area contributed by atoms with Gasteiger partial charge in [0.2, 0.25) is 5.95 Å². The summed E-state index contributed by atoms with van der Waals surface area (Å²) in [5.74, 6) is 0.797. The third-order valence-corrected chi connectivity index (χ3v) is 3.91. The molecule has 120 valence electrons. The van der Waals surface area contributed by atoms with E-state index in [0.717, 1.165) is 24.6 Å². The zero-order chi connectivity index (χ0) is 16.1. The lowest BCUT2D eigenvalue weighted by Gasteiger charge is -2.34. The molecule has 3 rings (SSSR count). The number of benzene rings is 1. The van der Waals surface area contributed by atoms with Gasteiger partial charge in [0.15, 0.2) is 0 Å². The molecule has 2 aromatic rings. The first kappa shape index (κ1) is 15.4. The van der Waals surface area contributed by atoms with Gasteiger partial charge in [-0.2, -0.15) is 0 Å². The van der Waals surface area contributed by atoms with Crippen LogP contribution in [-0.2, 0) is 11.3 Å². The van der Waals surface area contributed by atoms with Crippen LogP contribution in [0.2, 0.25) is 0 Å². The van der Waals surface area contributed by atoms with Crippen LogP contribution in [0.3, 0.4) is 0 Å². The van der Waals surface area contributed by atoms with Crippen LogP contribution in [0.5, 0.6) is 0 Å². The van der Waals surface area contributed by atoms with E-state index < -0.39 is 0 Å². The Morgan fingerprint density at radius 3 is 2.35 bits per heavy atom. The molecule has 0 aliphatic carbocycles. The first-order valence-electron chi connectivity index (χ1n) is 7.67. The maximum absolute atomic E-state index is 12.6. The number of methoxy groups -OCH3 is 1. The molecule has 1 aliphatic rings.